The predicted molar refractivity (Wildman–Crippen MR) is 103 cm³/mol. The van der Waals surface area contributed by atoms with Gasteiger partial charge in [0.25, 0.3) is 0 Å². The molecule has 0 radical (unpaired) electrons. The standard InChI is InChI=1S/C20H29N5O/c1-19(2,3)17-24-16(25-26-17)13-22-18(21-4)23-14-20(11-8-12-20)15-9-6-5-7-10-15/h5-7,9-10H,8,11-14H2,1-4H3,(H2,21,22,23). The molecule has 0 saturated heterocycles. The van der Waals surface area contributed by atoms with Crippen LogP contribution in [0.2, 0.25) is 0 Å². The predicted octanol–water partition coefficient (Wildman–Crippen LogP) is 3.15. The zero-order valence-corrected chi connectivity index (χ0v) is 16.2. The van der Waals surface area contributed by atoms with Crippen molar-refractivity contribution in [1.82, 2.24) is 20.8 Å². The molecule has 3 rings (SSSR count). The molecule has 6 nitrogen and oxygen atoms in total. The molecule has 1 heterocycles. The number of aliphatic imine (C=N–C) groups is 1. The van der Waals surface area contributed by atoms with E-state index in [1.165, 1.54) is 24.8 Å². The van der Waals surface area contributed by atoms with E-state index in [1.54, 1.807) is 7.05 Å². The minimum absolute atomic E-state index is 0.141. The summed E-state index contributed by atoms with van der Waals surface area (Å²) < 4.78 is 5.33. The summed E-state index contributed by atoms with van der Waals surface area (Å²) in [4.78, 5) is 8.77. The minimum atomic E-state index is -0.141. The maximum atomic E-state index is 5.33. The van der Waals surface area contributed by atoms with Crippen molar-refractivity contribution in [2.45, 2.75) is 57.4 Å². The molecule has 2 N–H and O–H groups in total. The van der Waals surface area contributed by atoms with E-state index in [0.29, 0.717) is 18.3 Å². The van der Waals surface area contributed by atoms with Crippen LogP contribution in [0.3, 0.4) is 0 Å². The molecule has 0 bridgehead atoms. The largest absolute Gasteiger partial charge is 0.356 e. The molecule has 1 aliphatic carbocycles. The summed E-state index contributed by atoms with van der Waals surface area (Å²) in [6.07, 6.45) is 3.70. The van der Waals surface area contributed by atoms with Gasteiger partial charge in [-0.2, -0.15) is 4.98 Å². The van der Waals surface area contributed by atoms with Gasteiger partial charge in [0.05, 0.1) is 6.54 Å². The Balaban J connectivity index is 1.56. The third kappa shape index (κ3) is 4.06. The molecule has 1 aromatic heterocycles. The molecular formula is C20H29N5O. The first-order valence-corrected chi connectivity index (χ1v) is 9.26. The van der Waals surface area contributed by atoms with Gasteiger partial charge in [-0.25, -0.2) is 0 Å². The van der Waals surface area contributed by atoms with Gasteiger partial charge in [-0.1, -0.05) is 62.7 Å². The number of aromatic nitrogens is 2. The fourth-order valence-corrected chi connectivity index (χ4v) is 3.23. The second-order valence-electron chi connectivity index (χ2n) is 8.04. The number of hydrogen-bond acceptors (Lipinski definition) is 4. The van der Waals surface area contributed by atoms with Gasteiger partial charge >= 0.3 is 0 Å². The maximum Gasteiger partial charge on any atom is 0.232 e. The molecule has 6 heteroatoms. The van der Waals surface area contributed by atoms with Gasteiger partial charge in [-0.15, -0.1) is 0 Å². The molecule has 1 aliphatic rings. The number of nitrogens with zero attached hydrogens (tertiary/aromatic N) is 3. The summed E-state index contributed by atoms with van der Waals surface area (Å²) in [5.74, 6) is 2.04. The number of benzene rings is 1. The van der Waals surface area contributed by atoms with Gasteiger partial charge < -0.3 is 15.2 Å². The van der Waals surface area contributed by atoms with Gasteiger partial charge in [-0.3, -0.25) is 4.99 Å². The lowest BCUT2D eigenvalue weighted by molar-refractivity contribution is 0.244. The van der Waals surface area contributed by atoms with Crippen LogP contribution >= 0.6 is 0 Å². The van der Waals surface area contributed by atoms with Gasteiger partial charge in [0, 0.05) is 24.4 Å². The Morgan fingerprint density at radius 3 is 2.46 bits per heavy atom. The van der Waals surface area contributed by atoms with E-state index < -0.39 is 0 Å². The van der Waals surface area contributed by atoms with Crippen LogP contribution in [0.25, 0.3) is 0 Å². The summed E-state index contributed by atoms with van der Waals surface area (Å²) in [7, 11) is 1.78. The summed E-state index contributed by atoms with van der Waals surface area (Å²) in [6.45, 7) is 7.52. The molecule has 0 amide bonds. The molecule has 1 saturated carbocycles. The van der Waals surface area contributed by atoms with Crippen LogP contribution in [0.1, 0.15) is 57.3 Å². The van der Waals surface area contributed by atoms with Crippen LogP contribution in [-0.4, -0.2) is 29.7 Å². The van der Waals surface area contributed by atoms with Gasteiger partial charge in [0.1, 0.15) is 0 Å². The number of hydrogen-bond donors (Lipinski definition) is 2. The molecule has 0 aliphatic heterocycles. The topological polar surface area (TPSA) is 75.3 Å². The highest BCUT2D eigenvalue weighted by atomic mass is 16.5. The van der Waals surface area contributed by atoms with E-state index in [2.05, 4.69) is 76.9 Å². The van der Waals surface area contributed by atoms with Crippen molar-refractivity contribution >= 4 is 5.96 Å². The van der Waals surface area contributed by atoms with Crippen molar-refractivity contribution in [1.29, 1.82) is 0 Å². The quantitative estimate of drug-likeness (QED) is 0.636. The number of guanidine groups is 1. The fourth-order valence-electron chi connectivity index (χ4n) is 3.23. The third-order valence-electron chi connectivity index (χ3n) is 5.04. The zero-order chi connectivity index (χ0) is 18.6. The molecule has 140 valence electrons. The first-order valence-electron chi connectivity index (χ1n) is 9.26. The average molecular weight is 355 g/mol. The lowest BCUT2D eigenvalue weighted by atomic mass is 9.64. The minimum Gasteiger partial charge on any atom is -0.356 e. The molecule has 2 aromatic rings. The van der Waals surface area contributed by atoms with Crippen molar-refractivity contribution in [2.75, 3.05) is 13.6 Å². The van der Waals surface area contributed by atoms with Gasteiger partial charge in [0.15, 0.2) is 11.8 Å². The van der Waals surface area contributed by atoms with E-state index in [4.69, 9.17) is 4.52 Å². The average Bonchev–Trinajstić information content (AvgIpc) is 3.07. The Bertz CT molecular complexity index is 741. The van der Waals surface area contributed by atoms with Gasteiger partial charge in [0.2, 0.25) is 5.89 Å². The fraction of sp³-hybridized carbons (Fsp3) is 0.550. The lowest BCUT2D eigenvalue weighted by Crippen LogP contribution is -2.48. The van der Waals surface area contributed by atoms with E-state index >= 15 is 0 Å². The smallest absolute Gasteiger partial charge is 0.232 e. The second-order valence-corrected chi connectivity index (χ2v) is 8.04. The summed E-state index contributed by atoms with van der Waals surface area (Å²) >= 11 is 0. The van der Waals surface area contributed by atoms with Crippen LogP contribution in [0, 0.1) is 0 Å². The molecule has 0 atom stereocenters. The maximum absolute atomic E-state index is 5.33. The Labute approximate surface area is 155 Å². The number of nitrogens with one attached hydrogen (secondary N) is 2. The Morgan fingerprint density at radius 2 is 1.92 bits per heavy atom. The Morgan fingerprint density at radius 1 is 1.19 bits per heavy atom. The Kier molecular flexibility index (Phi) is 5.30. The number of rotatable bonds is 5. The third-order valence-corrected chi connectivity index (χ3v) is 5.04. The summed E-state index contributed by atoms with van der Waals surface area (Å²) in [5.41, 5.74) is 1.48. The van der Waals surface area contributed by atoms with Crippen LogP contribution < -0.4 is 10.6 Å². The van der Waals surface area contributed by atoms with Crippen LogP contribution in [0.5, 0.6) is 0 Å². The SMILES string of the molecule is CN=C(NCc1noc(C(C)(C)C)n1)NCC1(c2ccccc2)CCC1. The first-order chi connectivity index (χ1) is 12.4. The highest BCUT2D eigenvalue weighted by Crippen LogP contribution is 2.43. The van der Waals surface area contributed by atoms with Crippen molar-refractivity contribution in [3.05, 3.63) is 47.6 Å². The second kappa shape index (κ2) is 7.48. The van der Waals surface area contributed by atoms with E-state index in [9.17, 15) is 0 Å². The van der Waals surface area contributed by atoms with Crippen molar-refractivity contribution in [3.63, 3.8) is 0 Å². The van der Waals surface area contributed by atoms with Gasteiger partial charge in [-0.05, 0) is 18.4 Å². The Hall–Kier alpha value is -2.37. The summed E-state index contributed by atoms with van der Waals surface area (Å²) in [6, 6.07) is 10.8. The molecule has 0 unspecified atom stereocenters. The van der Waals surface area contributed by atoms with Crippen LogP contribution in [0.4, 0.5) is 0 Å². The van der Waals surface area contributed by atoms with Crippen LogP contribution in [0.15, 0.2) is 39.8 Å². The van der Waals surface area contributed by atoms with E-state index in [1.807, 2.05) is 0 Å². The molecule has 26 heavy (non-hydrogen) atoms. The lowest BCUT2D eigenvalue weighted by Gasteiger charge is -2.43. The molecule has 1 aromatic carbocycles. The highest BCUT2D eigenvalue weighted by molar-refractivity contribution is 5.79. The normalized spacial score (nSPS) is 16.8. The molecule has 0 spiro atoms. The van der Waals surface area contributed by atoms with Crippen molar-refractivity contribution in [2.24, 2.45) is 4.99 Å². The van der Waals surface area contributed by atoms with Crippen LogP contribution in [-0.2, 0) is 17.4 Å². The summed E-state index contributed by atoms with van der Waals surface area (Å²) in [5, 5.41) is 10.8. The van der Waals surface area contributed by atoms with E-state index in [0.717, 1.165) is 12.5 Å². The van der Waals surface area contributed by atoms with Crippen molar-refractivity contribution in [3.8, 4) is 0 Å². The van der Waals surface area contributed by atoms with Crippen molar-refractivity contribution < 1.29 is 4.52 Å². The first kappa shape index (κ1) is 18.4. The molecular weight excluding hydrogens is 326 g/mol. The zero-order valence-electron chi connectivity index (χ0n) is 16.2. The van der Waals surface area contributed by atoms with E-state index in [-0.39, 0.29) is 10.8 Å². The monoisotopic (exact) mass is 355 g/mol. The molecule has 1 fully saturated rings. The highest BCUT2D eigenvalue weighted by Gasteiger charge is 2.38.